The van der Waals surface area contributed by atoms with E-state index in [1.54, 1.807) is 18.2 Å². The van der Waals surface area contributed by atoms with Crippen molar-refractivity contribution in [2.24, 2.45) is 5.41 Å². The molecule has 8 rings (SSSR count). The number of nitrogens with one attached hydrogen (secondary N) is 2. The van der Waals surface area contributed by atoms with Crippen molar-refractivity contribution < 1.29 is 19.8 Å². The number of anilines is 1. The fourth-order valence-electron chi connectivity index (χ4n) is 10.7. The molecule has 1 unspecified atom stereocenters. The molecule has 0 radical (unpaired) electrons. The van der Waals surface area contributed by atoms with E-state index in [1.165, 1.54) is 0 Å². The lowest BCUT2D eigenvalue weighted by Crippen LogP contribution is -2.64. The van der Waals surface area contributed by atoms with Crippen molar-refractivity contribution in [3.05, 3.63) is 136 Å². The summed E-state index contributed by atoms with van der Waals surface area (Å²) in [6.07, 6.45) is 3.72. The lowest BCUT2D eigenvalue weighted by Gasteiger charge is -2.56. The fourth-order valence-corrected chi connectivity index (χ4v) is 10.9. The zero-order valence-electron chi connectivity index (χ0n) is 31.4. The smallest absolute Gasteiger partial charge is 0.238 e. The number of carbonyl (C=O) groups excluding carboxylic acids is 2. The molecule has 2 aliphatic heterocycles. The molecule has 5 atom stereocenters. The summed E-state index contributed by atoms with van der Waals surface area (Å²) in [5.74, 6) is -1.18. The summed E-state index contributed by atoms with van der Waals surface area (Å²) in [7, 11) is 0. The summed E-state index contributed by atoms with van der Waals surface area (Å²) in [5.41, 5.74) is 1.71. The number of aliphatic hydroxyl groups excluding tert-OH is 2. The third kappa shape index (κ3) is 6.26. The quantitative estimate of drug-likeness (QED) is 0.151. The highest BCUT2D eigenvalue weighted by Crippen LogP contribution is 2.69. The van der Waals surface area contributed by atoms with E-state index in [0.29, 0.717) is 60.4 Å². The molecule has 1 saturated heterocycles. The van der Waals surface area contributed by atoms with Gasteiger partial charge in [0.05, 0.1) is 35.9 Å². The normalized spacial score (nSPS) is 27.9. The zero-order chi connectivity index (χ0) is 38.5. The van der Waals surface area contributed by atoms with Crippen LogP contribution in [0, 0.1) is 16.7 Å². The average molecular weight is 757 g/mol. The topological polar surface area (TPSA) is 126 Å². The number of fused-ring (bicyclic) bond motifs is 3. The summed E-state index contributed by atoms with van der Waals surface area (Å²) >= 11 is 6.82. The van der Waals surface area contributed by atoms with Crippen molar-refractivity contribution in [2.45, 2.75) is 112 Å². The second kappa shape index (κ2) is 14.5. The molecule has 2 aliphatic carbocycles. The summed E-state index contributed by atoms with van der Waals surface area (Å²) < 4.78 is 0. The highest BCUT2D eigenvalue weighted by Gasteiger charge is 2.77. The second-order valence-electron chi connectivity index (χ2n) is 16.9. The number of nitrogens with zero attached hydrogens (tertiary/aromatic N) is 2. The number of likely N-dealkylation sites (tertiary alicyclic amines) is 1. The van der Waals surface area contributed by atoms with Crippen molar-refractivity contribution in [1.29, 1.82) is 5.26 Å². The van der Waals surface area contributed by atoms with Crippen molar-refractivity contribution in [2.75, 3.05) is 5.32 Å². The maximum atomic E-state index is 15.7. The predicted octanol–water partition coefficient (Wildman–Crippen LogP) is 8.10. The van der Waals surface area contributed by atoms with E-state index in [-0.39, 0.29) is 23.3 Å². The van der Waals surface area contributed by atoms with Crippen molar-refractivity contribution in [3.63, 3.8) is 0 Å². The number of halogens is 1. The Hall–Kier alpha value is -4.52. The molecule has 0 aromatic heterocycles. The van der Waals surface area contributed by atoms with Crippen LogP contribution in [0.25, 0.3) is 0 Å². The number of nitriles is 1. The van der Waals surface area contributed by atoms with Gasteiger partial charge in [0.2, 0.25) is 11.8 Å². The zero-order valence-corrected chi connectivity index (χ0v) is 32.2. The van der Waals surface area contributed by atoms with Crippen LogP contribution in [0.4, 0.5) is 5.69 Å². The van der Waals surface area contributed by atoms with E-state index >= 15 is 9.59 Å². The molecule has 3 fully saturated rings. The molecule has 4 aromatic rings. The summed E-state index contributed by atoms with van der Waals surface area (Å²) in [6.45, 7) is 4.52. The Balaban J connectivity index is 1.46. The van der Waals surface area contributed by atoms with E-state index in [0.717, 1.165) is 29.5 Å². The fraction of sp³-hybridized carbons (Fsp3) is 0.413. The molecular formula is C46H49ClN4O4. The molecule has 55 heavy (non-hydrogen) atoms. The minimum atomic E-state index is -1.33. The monoisotopic (exact) mass is 756 g/mol. The lowest BCUT2D eigenvalue weighted by atomic mass is 9.53. The summed E-state index contributed by atoms with van der Waals surface area (Å²) in [5, 5.41) is 40.4. The Kier molecular flexibility index (Phi) is 9.88. The van der Waals surface area contributed by atoms with Gasteiger partial charge in [0.1, 0.15) is 5.41 Å². The van der Waals surface area contributed by atoms with Gasteiger partial charge in [-0.1, -0.05) is 104 Å². The van der Waals surface area contributed by atoms with Gasteiger partial charge in [-0.25, -0.2) is 0 Å². The van der Waals surface area contributed by atoms with Gasteiger partial charge in [0.15, 0.2) is 0 Å². The largest absolute Gasteiger partial charge is 0.393 e. The Morgan fingerprint density at radius 3 is 2.18 bits per heavy atom. The van der Waals surface area contributed by atoms with Crippen LogP contribution in [-0.4, -0.2) is 50.7 Å². The van der Waals surface area contributed by atoms with Crippen LogP contribution in [0.1, 0.15) is 111 Å². The van der Waals surface area contributed by atoms with E-state index in [2.05, 4.69) is 35.5 Å². The number of benzene rings is 4. The number of rotatable bonds is 7. The van der Waals surface area contributed by atoms with E-state index in [9.17, 15) is 15.5 Å². The first-order chi connectivity index (χ1) is 26.5. The molecule has 0 bridgehead atoms. The van der Waals surface area contributed by atoms with Crippen LogP contribution in [0.15, 0.2) is 103 Å². The van der Waals surface area contributed by atoms with Gasteiger partial charge in [0.25, 0.3) is 0 Å². The molecular weight excluding hydrogens is 708 g/mol. The molecule has 2 heterocycles. The van der Waals surface area contributed by atoms with Crippen LogP contribution in [0.5, 0.6) is 0 Å². The minimum absolute atomic E-state index is 0.0319. The summed E-state index contributed by atoms with van der Waals surface area (Å²) in [4.78, 5) is 33.6. The highest BCUT2D eigenvalue weighted by atomic mass is 35.5. The third-order valence-electron chi connectivity index (χ3n) is 13.3. The number of hydrogen-bond donors (Lipinski definition) is 4. The van der Waals surface area contributed by atoms with Crippen LogP contribution in [-0.2, 0) is 15.0 Å². The Bertz CT molecular complexity index is 2100. The first kappa shape index (κ1) is 37.4. The molecule has 8 nitrogen and oxygen atoms in total. The molecule has 2 saturated carbocycles. The maximum Gasteiger partial charge on any atom is 0.238 e. The Morgan fingerprint density at radius 2 is 1.55 bits per heavy atom. The van der Waals surface area contributed by atoms with Crippen LogP contribution in [0.3, 0.4) is 0 Å². The van der Waals surface area contributed by atoms with Crippen molar-refractivity contribution in [3.8, 4) is 6.07 Å². The van der Waals surface area contributed by atoms with Crippen LogP contribution >= 0.6 is 11.6 Å². The van der Waals surface area contributed by atoms with Gasteiger partial charge < -0.3 is 20.8 Å². The molecule has 2 spiro atoms. The first-order valence-corrected chi connectivity index (χ1v) is 20.0. The van der Waals surface area contributed by atoms with Crippen LogP contribution in [0.2, 0.25) is 5.02 Å². The third-order valence-corrected chi connectivity index (χ3v) is 13.6. The number of carbonyl (C=O) groups is 2. The van der Waals surface area contributed by atoms with E-state index < -0.39 is 41.2 Å². The number of amides is 2. The number of aliphatic hydroxyl groups is 2. The summed E-state index contributed by atoms with van der Waals surface area (Å²) in [6, 6.07) is 32.8. The second-order valence-corrected chi connectivity index (χ2v) is 17.4. The average Bonchev–Trinajstić information content (AvgIpc) is 3.63. The Morgan fingerprint density at radius 1 is 0.891 bits per heavy atom. The number of hydrogen-bond acceptors (Lipinski definition) is 6. The standard InChI is InChI=1S/C46H49ClN4O4/c1-44(2)22-24-45(25-23-44)46(36-21-16-29(28-48)26-37(36)50-43(46)55)38(32-14-9-15-33(47)27-32)40(42(54)49-34-17-19-35(52)20-18-34)51(45)39(30-10-5-3-6-11-30)41(53)31-12-7-4-8-13-31/h3-16,21,26-27,34-35,38-41,52-53H,17-20,22-25H2,1-2H3,(H,49,54)(H,50,55)/t34?,35?,38-,39+,40+,41-,46?/m0/s1. The van der Waals surface area contributed by atoms with Gasteiger partial charge >= 0.3 is 0 Å². The molecule has 9 heteroatoms. The minimum Gasteiger partial charge on any atom is -0.393 e. The lowest BCUT2D eigenvalue weighted by molar-refractivity contribution is -0.137. The van der Waals surface area contributed by atoms with Gasteiger partial charge in [-0.15, -0.1) is 0 Å². The highest BCUT2D eigenvalue weighted by molar-refractivity contribution is 6.30. The van der Waals surface area contributed by atoms with Gasteiger partial charge in [-0.05, 0) is 103 Å². The molecule has 4 N–H and O–H groups in total. The molecule has 4 aliphatic rings. The first-order valence-electron chi connectivity index (χ1n) is 19.7. The molecule has 284 valence electrons. The Labute approximate surface area is 328 Å². The maximum absolute atomic E-state index is 15.7. The van der Waals surface area contributed by atoms with Crippen LogP contribution < -0.4 is 10.6 Å². The van der Waals surface area contributed by atoms with Gasteiger partial charge in [-0.3, -0.25) is 14.5 Å². The van der Waals surface area contributed by atoms with Gasteiger partial charge in [-0.2, -0.15) is 5.26 Å². The SMILES string of the molecule is CC1(C)CCC2(CC1)N([C@H](c1ccccc1)[C@@H](O)c1ccccc1)[C@@H](C(=O)NC1CCC(O)CC1)[C@H](c1cccc(Cl)c1)C21C(=O)Nc2cc(C#N)ccc21. The predicted molar refractivity (Wildman–Crippen MR) is 213 cm³/mol. The van der Waals surface area contributed by atoms with E-state index in [1.807, 2.05) is 84.9 Å². The van der Waals surface area contributed by atoms with Gasteiger partial charge in [0, 0.05) is 28.2 Å². The van der Waals surface area contributed by atoms with Crippen molar-refractivity contribution >= 4 is 29.1 Å². The van der Waals surface area contributed by atoms with Crippen molar-refractivity contribution in [1.82, 2.24) is 10.2 Å². The van der Waals surface area contributed by atoms with E-state index in [4.69, 9.17) is 11.6 Å². The molecule has 4 aromatic carbocycles. The molecule has 2 amide bonds.